The Hall–Kier alpha value is -3.10. The third-order valence-corrected chi connectivity index (χ3v) is 5.46. The first-order chi connectivity index (χ1) is 14.0. The molecule has 0 radical (unpaired) electrons. The number of halogens is 1. The van der Waals surface area contributed by atoms with Crippen LogP contribution in [0.2, 0.25) is 5.02 Å². The molecule has 0 bridgehead atoms. The molecule has 0 aliphatic heterocycles. The summed E-state index contributed by atoms with van der Waals surface area (Å²) >= 11 is 7.28. The SMILES string of the molecule is Cc1ccccc1-c1nc(SCC(=O)Nc2ccccc2Cl)n2[nH]c(=O)cc2n1. The fourth-order valence-corrected chi connectivity index (χ4v) is 3.74. The van der Waals surface area contributed by atoms with Gasteiger partial charge < -0.3 is 5.32 Å². The number of aromatic amines is 1. The summed E-state index contributed by atoms with van der Waals surface area (Å²) in [6, 6.07) is 16.2. The van der Waals surface area contributed by atoms with Gasteiger partial charge in [-0.1, -0.05) is 59.8 Å². The van der Waals surface area contributed by atoms with E-state index in [2.05, 4.69) is 20.4 Å². The highest BCUT2D eigenvalue weighted by atomic mass is 35.5. The van der Waals surface area contributed by atoms with Crippen molar-refractivity contribution in [3.63, 3.8) is 0 Å². The summed E-state index contributed by atoms with van der Waals surface area (Å²) in [5.74, 6) is 0.350. The molecule has 0 atom stereocenters. The highest BCUT2D eigenvalue weighted by Gasteiger charge is 2.14. The van der Waals surface area contributed by atoms with Gasteiger partial charge in [-0.2, -0.15) is 0 Å². The standard InChI is InChI=1S/C20H16ClN5O2S/c1-12-6-2-3-7-13(12)19-23-16-10-17(27)25-26(16)20(24-19)29-11-18(28)22-15-9-5-4-8-14(15)21/h2-10H,11H2,1H3,(H,22,28)(H,25,27). The Labute approximate surface area is 175 Å². The number of amides is 1. The molecule has 2 heterocycles. The second-order valence-electron chi connectivity index (χ2n) is 6.28. The van der Waals surface area contributed by atoms with Crippen molar-refractivity contribution in [1.29, 1.82) is 0 Å². The molecule has 0 spiro atoms. The third kappa shape index (κ3) is 4.18. The number of thioether (sulfide) groups is 1. The second-order valence-corrected chi connectivity index (χ2v) is 7.63. The van der Waals surface area contributed by atoms with Crippen LogP contribution in [-0.4, -0.2) is 31.2 Å². The molecule has 1 amide bonds. The van der Waals surface area contributed by atoms with Gasteiger partial charge in [0.05, 0.1) is 16.5 Å². The number of nitrogens with zero attached hydrogens (tertiary/aromatic N) is 3. The largest absolute Gasteiger partial charge is 0.324 e. The van der Waals surface area contributed by atoms with Crippen LogP contribution in [-0.2, 0) is 4.79 Å². The Kier molecular flexibility index (Phi) is 5.37. The number of anilines is 1. The van der Waals surface area contributed by atoms with Crippen molar-refractivity contribution < 1.29 is 4.79 Å². The number of aryl methyl sites for hydroxylation is 1. The van der Waals surface area contributed by atoms with Gasteiger partial charge in [0.1, 0.15) is 0 Å². The van der Waals surface area contributed by atoms with E-state index in [9.17, 15) is 9.59 Å². The smallest absolute Gasteiger partial charge is 0.266 e. The van der Waals surface area contributed by atoms with Crippen molar-refractivity contribution in [3.8, 4) is 11.4 Å². The second kappa shape index (κ2) is 8.10. The van der Waals surface area contributed by atoms with Gasteiger partial charge in [0.15, 0.2) is 16.6 Å². The molecule has 0 aliphatic rings. The zero-order valence-electron chi connectivity index (χ0n) is 15.3. The topological polar surface area (TPSA) is 92.2 Å². The summed E-state index contributed by atoms with van der Waals surface area (Å²) < 4.78 is 1.48. The van der Waals surface area contributed by atoms with Crippen LogP contribution >= 0.6 is 23.4 Å². The Morgan fingerprint density at radius 1 is 1.17 bits per heavy atom. The minimum absolute atomic E-state index is 0.0881. The number of nitrogens with one attached hydrogen (secondary N) is 2. The van der Waals surface area contributed by atoms with E-state index in [-0.39, 0.29) is 17.2 Å². The Bertz CT molecular complexity index is 1270. The average Bonchev–Trinajstić information content (AvgIpc) is 3.08. The average molecular weight is 426 g/mol. The van der Waals surface area contributed by atoms with Crippen LogP contribution in [0.5, 0.6) is 0 Å². The van der Waals surface area contributed by atoms with Crippen molar-refractivity contribution in [2.75, 3.05) is 11.1 Å². The van der Waals surface area contributed by atoms with Gasteiger partial charge in [-0.3, -0.25) is 14.7 Å². The maximum atomic E-state index is 12.4. The molecule has 4 aromatic rings. The van der Waals surface area contributed by atoms with E-state index in [1.165, 1.54) is 22.3 Å². The lowest BCUT2D eigenvalue weighted by atomic mass is 10.1. The van der Waals surface area contributed by atoms with Crippen molar-refractivity contribution >= 4 is 40.6 Å². The number of carbonyl (C=O) groups is 1. The number of rotatable bonds is 5. The molecule has 2 aromatic heterocycles. The lowest BCUT2D eigenvalue weighted by Gasteiger charge is -2.09. The van der Waals surface area contributed by atoms with Gasteiger partial charge in [0.2, 0.25) is 5.91 Å². The number of benzene rings is 2. The molecule has 0 unspecified atom stereocenters. The molecule has 2 aromatic carbocycles. The first-order valence-electron chi connectivity index (χ1n) is 8.74. The quantitative estimate of drug-likeness (QED) is 0.475. The molecular formula is C20H16ClN5O2S. The summed E-state index contributed by atoms with van der Waals surface area (Å²) in [5.41, 5.74) is 2.58. The van der Waals surface area contributed by atoms with Crippen LogP contribution in [0.1, 0.15) is 5.56 Å². The van der Waals surface area contributed by atoms with E-state index in [1.54, 1.807) is 24.3 Å². The van der Waals surface area contributed by atoms with Crippen molar-refractivity contribution in [2.24, 2.45) is 0 Å². The number of hydrogen-bond donors (Lipinski definition) is 2. The fraction of sp³-hybridized carbons (Fsp3) is 0.100. The summed E-state index contributed by atoms with van der Waals surface area (Å²) in [6.07, 6.45) is 0. The van der Waals surface area contributed by atoms with Crippen LogP contribution in [0.15, 0.2) is 64.5 Å². The first kappa shape index (κ1) is 19.2. The third-order valence-electron chi connectivity index (χ3n) is 4.19. The van der Waals surface area contributed by atoms with Crippen molar-refractivity contribution in [1.82, 2.24) is 19.6 Å². The van der Waals surface area contributed by atoms with E-state index in [4.69, 9.17) is 11.6 Å². The summed E-state index contributed by atoms with van der Waals surface area (Å²) in [5, 5.41) is 6.37. The lowest BCUT2D eigenvalue weighted by Crippen LogP contribution is -2.15. The summed E-state index contributed by atoms with van der Waals surface area (Å²) in [6.45, 7) is 1.97. The molecule has 0 aliphatic carbocycles. The van der Waals surface area contributed by atoms with Crippen molar-refractivity contribution in [2.45, 2.75) is 12.1 Å². The molecule has 4 rings (SSSR count). The van der Waals surface area contributed by atoms with Crippen LogP contribution in [0.4, 0.5) is 5.69 Å². The number of aromatic nitrogens is 4. The molecule has 7 nitrogen and oxygen atoms in total. The van der Waals surface area contributed by atoms with E-state index < -0.39 is 0 Å². The van der Waals surface area contributed by atoms with Gasteiger partial charge >= 0.3 is 0 Å². The van der Waals surface area contributed by atoms with E-state index in [1.807, 2.05) is 31.2 Å². The van der Waals surface area contributed by atoms with E-state index in [0.29, 0.717) is 27.3 Å². The van der Waals surface area contributed by atoms with Gasteiger partial charge in [-0.25, -0.2) is 14.5 Å². The summed E-state index contributed by atoms with van der Waals surface area (Å²) in [4.78, 5) is 33.3. The number of H-pyrrole nitrogens is 1. The number of fused-ring (bicyclic) bond motifs is 1. The highest BCUT2D eigenvalue weighted by Crippen LogP contribution is 2.25. The molecular weight excluding hydrogens is 410 g/mol. The molecule has 0 saturated heterocycles. The Morgan fingerprint density at radius 2 is 1.93 bits per heavy atom. The summed E-state index contributed by atoms with van der Waals surface area (Å²) in [7, 11) is 0. The molecule has 9 heteroatoms. The lowest BCUT2D eigenvalue weighted by molar-refractivity contribution is -0.113. The molecule has 0 fully saturated rings. The predicted octanol–water partition coefficient (Wildman–Crippen LogP) is 3.78. The van der Waals surface area contributed by atoms with Crippen LogP contribution in [0.3, 0.4) is 0 Å². The molecule has 2 N–H and O–H groups in total. The van der Waals surface area contributed by atoms with Crippen LogP contribution < -0.4 is 10.9 Å². The zero-order chi connectivity index (χ0) is 20.4. The van der Waals surface area contributed by atoms with Gasteiger partial charge in [0, 0.05) is 11.6 Å². The first-order valence-corrected chi connectivity index (χ1v) is 10.1. The van der Waals surface area contributed by atoms with Gasteiger partial charge in [-0.05, 0) is 24.6 Å². The highest BCUT2D eigenvalue weighted by molar-refractivity contribution is 7.99. The molecule has 29 heavy (non-hydrogen) atoms. The van der Waals surface area contributed by atoms with E-state index >= 15 is 0 Å². The Morgan fingerprint density at radius 3 is 2.72 bits per heavy atom. The monoisotopic (exact) mass is 425 g/mol. The molecule has 146 valence electrons. The maximum Gasteiger partial charge on any atom is 0.266 e. The van der Waals surface area contributed by atoms with E-state index in [0.717, 1.165) is 11.1 Å². The fourth-order valence-electron chi connectivity index (χ4n) is 2.80. The maximum absolute atomic E-state index is 12.4. The molecule has 0 saturated carbocycles. The van der Waals surface area contributed by atoms with Crippen LogP contribution in [0, 0.1) is 6.92 Å². The number of para-hydroxylation sites is 1. The Balaban J connectivity index is 1.62. The normalized spacial score (nSPS) is 11.0. The van der Waals surface area contributed by atoms with Gasteiger partial charge in [-0.15, -0.1) is 0 Å². The predicted molar refractivity (Wildman–Crippen MR) is 115 cm³/mol. The number of hydrogen-bond acceptors (Lipinski definition) is 5. The van der Waals surface area contributed by atoms with Crippen molar-refractivity contribution in [3.05, 3.63) is 75.5 Å². The minimum Gasteiger partial charge on any atom is -0.324 e. The van der Waals surface area contributed by atoms with Crippen LogP contribution in [0.25, 0.3) is 17.0 Å². The zero-order valence-corrected chi connectivity index (χ0v) is 16.9. The minimum atomic E-state index is -0.288. The number of carbonyl (C=O) groups excluding carboxylic acids is 1. The van der Waals surface area contributed by atoms with Gasteiger partial charge in [0.25, 0.3) is 5.56 Å².